The minimum Gasteiger partial charge on any atom is -0.357 e. The van der Waals surface area contributed by atoms with Gasteiger partial charge in [0.25, 0.3) is 0 Å². The number of carbonyl (C=O) groups excluding carboxylic acids is 1. The molecule has 8 heteroatoms. The molecule has 17 heavy (non-hydrogen) atoms. The first-order valence-corrected chi connectivity index (χ1v) is 5.42. The van der Waals surface area contributed by atoms with Crippen LogP contribution in [0.1, 0.15) is 12.8 Å². The van der Waals surface area contributed by atoms with E-state index in [9.17, 15) is 4.79 Å². The van der Waals surface area contributed by atoms with Gasteiger partial charge in [-0.3, -0.25) is 4.79 Å². The molecular formula is C9H11N7O. The highest BCUT2D eigenvalue weighted by Gasteiger charge is 2.22. The molecule has 1 aliphatic heterocycles. The van der Waals surface area contributed by atoms with Crippen molar-refractivity contribution in [3.63, 3.8) is 0 Å². The molecule has 1 aliphatic rings. The Morgan fingerprint density at radius 3 is 3.29 bits per heavy atom. The standard InChI is InChI=1S/C9H11N7O/c17-9-6(2-1-5-10-9)11-7-3-4-8-12-14-15-16(8)13-7/h3-4,6H,1-2,5H2,(H,10,17)(H,11,13). The van der Waals surface area contributed by atoms with Crippen LogP contribution in [0.3, 0.4) is 0 Å². The number of rotatable bonds is 2. The van der Waals surface area contributed by atoms with Crippen LogP contribution in [0, 0.1) is 0 Å². The molecule has 1 unspecified atom stereocenters. The fraction of sp³-hybridized carbons (Fsp3) is 0.444. The number of fused-ring (bicyclic) bond motifs is 1. The number of nitrogens with zero attached hydrogens (tertiary/aromatic N) is 5. The number of hydrogen-bond acceptors (Lipinski definition) is 6. The summed E-state index contributed by atoms with van der Waals surface area (Å²) < 4.78 is 1.32. The van der Waals surface area contributed by atoms with E-state index in [-0.39, 0.29) is 11.9 Å². The predicted octanol–water partition coefficient (Wildman–Crippen LogP) is -0.790. The van der Waals surface area contributed by atoms with Gasteiger partial charge in [-0.2, -0.15) is 0 Å². The van der Waals surface area contributed by atoms with Gasteiger partial charge in [0.15, 0.2) is 5.65 Å². The molecule has 1 saturated heterocycles. The number of amides is 1. The molecule has 1 fully saturated rings. The van der Waals surface area contributed by atoms with E-state index in [1.807, 2.05) is 0 Å². The molecule has 1 amide bonds. The van der Waals surface area contributed by atoms with E-state index in [0.29, 0.717) is 11.5 Å². The van der Waals surface area contributed by atoms with Crippen LogP contribution in [-0.2, 0) is 4.79 Å². The first-order valence-electron chi connectivity index (χ1n) is 5.42. The second kappa shape index (κ2) is 3.96. The van der Waals surface area contributed by atoms with Crippen molar-refractivity contribution in [3.8, 4) is 0 Å². The highest BCUT2D eigenvalue weighted by molar-refractivity contribution is 5.84. The van der Waals surface area contributed by atoms with E-state index >= 15 is 0 Å². The van der Waals surface area contributed by atoms with Crippen molar-refractivity contribution in [2.75, 3.05) is 11.9 Å². The normalized spacial score (nSPS) is 20.2. The Morgan fingerprint density at radius 1 is 1.47 bits per heavy atom. The zero-order valence-electron chi connectivity index (χ0n) is 9.00. The van der Waals surface area contributed by atoms with Crippen LogP contribution in [0.5, 0.6) is 0 Å². The van der Waals surface area contributed by atoms with Crippen LogP contribution < -0.4 is 10.6 Å². The lowest BCUT2D eigenvalue weighted by Crippen LogP contribution is -2.44. The SMILES string of the molecule is O=C1NCCCC1Nc1ccc2nnnn2n1. The van der Waals surface area contributed by atoms with E-state index in [1.54, 1.807) is 12.1 Å². The van der Waals surface area contributed by atoms with Crippen LogP contribution in [0.15, 0.2) is 12.1 Å². The molecule has 0 bridgehead atoms. The third kappa shape index (κ3) is 1.88. The lowest BCUT2D eigenvalue weighted by Gasteiger charge is -2.22. The van der Waals surface area contributed by atoms with E-state index in [4.69, 9.17) is 0 Å². The van der Waals surface area contributed by atoms with Gasteiger partial charge in [-0.25, -0.2) is 0 Å². The molecule has 8 nitrogen and oxygen atoms in total. The smallest absolute Gasteiger partial charge is 0.242 e. The van der Waals surface area contributed by atoms with Gasteiger partial charge in [0.1, 0.15) is 11.9 Å². The molecule has 1 atom stereocenters. The summed E-state index contributed by atoms with van der Waals surface area (Å²) in [6.07, 6.45) is 1.78. The van der Waals surface area contributed by atoms with Gasteiger partial charge >= 0.3 is 0 Å². The third-order valence-electron chi connectivity index (χ3n) is 2.68. The second-order valence-corrected chi connectivity index (χ2v) is 3.88. The number of aromatic nitrogens is 5. The number of piperidine rings is 1. The maximum Gasteiger partial charge on any atom is 0.242 e. The van der Waals surface area contributed by atoms with Crippen molar-refractivity contribution >= 4 is 17.4 Å². The Morgan fingerprint density at radius 2 is 2.41 bits per heavy atom. The molecule has 3 rings (SSSR count). The Labute approximate surface area is 96.4 Å². The molecule has 0 saturated carbocycles. The van der Waals surface area contributed by atoms with Crippen LogP contribution in [-0.4, -0.2) is 43.7 Å². The lowest BCUT2D eigenvalue weighted by molar-refractivity contribution is -0.123. The Hall–Kier alpha value is -2.25. The van der Waals surface area contributed by atoms with Crippen molar-refractivity contribution < 1.29 is 4.79 Å². The van der Waals surface area contributed by atoms with E-state index in [0.717, 1.165) is 19.4 Å². The maximum atomic E-state index is 11.6. The first-order chi connectivity index (χ1) is 8.33. The summed E-state index contributed by atoms with van der Waals surface area (Å²) in [5, 5.41) is 21.0. The Balaban J connectivity index is 1.81. The number of anilines is 1. The molecular weight excluding hydrogens is 222 g/mol. The van der Waals surface area contributed by atoms with E-state index < -0.39 is 0 Å². The molecule has 2 aromatic heterocycles. The van der Waals surface area contributed by atoms with Gasteiger partial charge in [-0.1, -0.05) is 0 Å². The quantitative estimate of drug-likeness (QED) is 0.705. The zero-order valence-corrected chi connectivity index (χ0v) is 9.00. The summed E-state index contributed by atoms with van der Waals surface area (Å²) in [5.74, 6) is 0.599. The Bertz CT molecular complexity index is 551. The van der Waals surface area contributed by atoms with Crippen molar-refractivity contribution in [3.05, 3.63) is 12.1 Å². The summed E-state index contributed by atoms with van der Waals surface area (Å²) in [4.78, 5) is 11.6. The van der Waals surface area contributed by atoms with Crippen molar-refractivity contribution in [2.24, 2.45) is 0 Å². The average Bonchev–Trinajstić information content (AvgIpc) is 2.79. The van der Waals surface area contributed by atoms with Gasteiger partial charge in [0.2, 0.25) is 5.91 Å². The minimum absolute atomic E-state index is 0.00913. The number of carbonyl (C=O) groups is 1. The molecule has 2 aromatic rings. The van der Waals surface area contributed by atoms with Gasteiger partial charge in [0, 0.05) is 6.54 Å². The minimum atomic E-state index is -0.231. The third-order valence-corrected chi connectivity index (χ3v) is 2.68. The average molecular weight is 233 g/mol. The van der Waals surface area contributed by atoms with Crippen LogP contribution in [0.4, 0.5) is 5.82 Å². The second-order valence-electron chi connectivity index (χ2n) is 3.88. The van der Waals surface area contributed by atoms with Crippen molar-refractivity contribution in [1.82, 2.24) is 30.6 Å². The first kappa shape index (κ1) is 9.94. The Kier molecular flexibility index (Phi) is 2.32. The fourth-order valence-corrected chi connectivity index (χ4v) is 1.81. The van der Waals surface area contributed by atoms with Gasteiger partial charge in [-0.05, 0) is 35.4 Å². The van der Waals surface area contributed by atoms with Crippen LogP contribution in [0.2, 0.25) is 0 Å². The van der Waals surface area contributed by atoms with Crippen molar-refractivity contribution in [1.29, 1.82) is 0 Å². The van der Waals surface area contributed by atoms with E-state index in [1.165, 1.54) is 4.63 Å². The largest absolute Gasteiger partial charge is 0.357 e. The highest BCUT2D eigenvalue weighted by Crippen LogP contribution is 2.10. The molecule has 0 aliphatic carbocycles. The monoisotopic (exact) mass is 233 g/mol. The molecule has 0 aromatic carbocycles. The zero-order chi connectivity index (χ0) is 11.7. The summed E-state index contributed by atoms with van der Waals surface area (Å²) in [7, 11) is 0. The molecule has 0 radical (unpaired) electrons. The van der Waals surface area contributed by atoms with Gasteiger partial charge in [-0.15, -0.1) is 14.8 Å². The van der Waals surface area contributed by atoms with Crippen LogP contribution >= 0.6 is 0 Å². The number of nitrogens with one attached hydrogen (secondary N) is 2. The molecule has 0 spiro atoms. The van der Waals surface area contributed by atoms with E-state index in [2.05, 4.69) is 31.3 Å². The lowest BCUT2D eigenvalue weighted by atomic mass is 10.1. The highest BCUT2D eigenvalue weighted by atomic mass is 16.2. The topological polar surface area (TPSA) is 97.1 Å². The molecule has 2 N–H and O–H groups in total. The molecule has 88 valence electrons. The number of hydrogen-bond donors (Lipinski definition) is 2. The molecule has 3 heterocycles. The summed E-state index contributed by atoms with van der Waals surface area (Å²) >= 11 is 0. The summed E-state index contributed by atoms with van der Waals surface area (Å²) in [6, 6.07) is 3.27. The van der Waals surface area contributed by atoms with Crippen molar-refractivity contribution in [2.45, 2.75) is 18.9 Å². The summed E-state index contributed by atoms with van der Waals surface area (Å²) in [6.45, 7) is 0.747. The predicted molar refractivity (Wildman–Crippen MR) is 58.2 cm³/mol. The number of tetrazole rings is 1. The fourth-order valence-electron chi connectivity index (χ4n) is 1.81. The summed E-state index contributed by atoms with van der Waals surface area (Å²) in [5.41, 5.74) is 0.573. The maximum absolute atomic E-state index is 11.6. The van der Waals surface area contributed by atoms with Gasteiger partial charge < -0.3 is 10.6 Å². The van der Waals surface area contributed by atoms with Gasteiger partial charge in [0.05, 0.1) is 0 Å². The van der Waals surface area contributed by atoms with Crippen LogP contribution in [0.25, 0.3) is 5.65 Å².